The van der Waals surface area contributed by atoms with Gasteiger partial charge in [-0.2, -0.15) is 0 Å². The minimum atomic E-state index is -1.36. The van der Waals surface area contributed by atoms with Gasteiger partial charge in [-0.1, -0.05) is 6.08 Å². The van der Waals surface area contributed by atoms with Gasteiger partial charge in [-0.3, -0.25) is 4.90 Å². The van der Waals surface area contributed by atoms with E-state index in [0.717, 1.165) is 4.90 Å². The second kappa shape index (κ2) is 5.81. The molecule has 1 amide bonds. The lowest BCUT2D eigenvalue weighted by Crippen LogP contribution is -2.54. The van der Waals surface area contributed by atoms with Gasteiger partial charge in [0.05, 0.1) is 13.7 Å². The summed E-state index contributed by atoms with van der Waals surface area (Å²) in [5, 5.41) is 0. The van der Waals surface area contributed by atoms with Crippen molar-refractivity contribution in [2.75, 3.05) is 13.7 Å². The lowest BCUT2D eigenvalue weighted by Gasteiger charge is -2.35. The molecule has 0 aromatic rings. The molecule has 1 aliphatic rings. The van der Waals surface area contributed by atoms with Crippen LogP contribution in [-0.4, -0.2) is 47.9 Å². The third-order valence-electron chi connectivity index (χ3n) is 3.12. The molecular formula is C14H22FNO4. The van der Waals surface area contributed by atoms with Crippen LogP contribution in [0, 0.1) is 0 Å². The van der Waals surface area contributed by atoms with E-state index in [2.05, 4.69) is 6.58 Å². The van der Waals surface area contributed by atoms with Crippen LogP contribution in [0.25, 0.3) is 0 Å². The molecule has 0 saturated carbocycles. The minimum absolute atomic E-state index is 0.106. The number of hydrogen-bond donors (Lipinski definition) is 0. The van der Waals surface area contributed by atoms with Crippen molar-refractivity contribution in [3.63, 3.8) is 0 Å². The molecule has 0 spiro atoms. The molecule has 0 radical (unpaired) electrons. The monoisotopic (exact) mass is 287 g/mol. The van der Waals surface area contributed by atoms with Crippen LogP contribution >= 0.6 is 0 Å². The van der Waals surface area contributed by atoms with Gasteiger partial charge < -0.3 is 9.47 Å². The summed E-state index contributed by atoms with van der Waals surface area (Å²) >= 11 is 0. The van der Waals surface area contributed by atoms with Crippen LogP contribution in [0.2, 0.25) is 0 Å². The smallest absolute Gasteiger partial charge is 0.411 e. The van der Waals surface area contributed by atoms with Crippen LogP contribution in [0.15, 0.2) is 12.7 Å². The van der Waals surface area contributed by atoms with E-state index in [1.807, 2.05) is 0 Å². The van der Waals surface area contributed by atoms with Crippen molar-refractivity contribution < 1.29 is 23.5 Å². The molecule has 114 valence electrons. The quantitative estimate of drug-likeness (QED) is 0.591. The van der Waals surface area contributed by atoms with Gasteiger partial charge in [0.2, 0.25) is 0 Å². The average Bonchev–Trinajstić information content (AvgIpc) is 2.65. The topological polar surface area (TPSA) is 55.8 Å². The molecule has 6 heteroatoms. The zero-order valence-corrected chi connectivity index (χ0v) is 12.4. The SMILES string of the molecule is C=CC[C@]1(C(=O)OC)C[C@H](F)CN1C(=O)OC(C)(C)C. The van der Waals surface area contributed by atoms with Crippen molar-refractivity contribution in [2.24, 2.45) is 0 Å². The number of rotatable bonds is 3. The van der Waals surface area contributed by atoms with E-state index in [4.69, 9.17) is 9.47 Å². The molecule has 2 atom stereocenters. The highest BCUT2D eigenvalue weighted by molar-refractivity contribution is 5.87. The second-order valence-electron chi connectivity index (χ2n) is 5.91. The van der Waals surface area contributed by atoms with E-state index < -0.39 is 29.4 Å². The number of likely N-dealkylation sites (tertiary alicyclic amines) is 1. The molecule has 0 aromatic carbocycles. The standard InChI is InChI=1S/C14H22FNO4/c1-6-7-14(11(17)19-5)8-10(15)9-16(14)12(18)20-13(2,3)4/h6,10H,1,7-9H2,2-5H3/t10-,14+/m0/s1. The number of ether oxygens (including phenoxy) is 2. The molecule has 1 saturated heterocycles. The maximum atomic E-state index is 13.8. The summed E-state index contributed by atoms with van der Waals surface area (Å²) in [6, 6.07) is 0. The van der Waals surface area contributed by atoms with Gasteiger partial charge in [-0.25, -0.2) is 14.0 Å². The minimum Gasteiger partial charge on any atom is -0.467 e. The number of nitrogens with zero attached hydrogens (tertiary/aromatic N) is 1. The zero-order valence-electron chi connectivity index (χ0n) is 12.4. The Morgan fingerprint density at radius 2 is 2.10 bits per heavy atom. The molecule has 0 N–H and O–H groups in total. The van der Waals surface area contributed by atoms with Crippen molar-refractivity contribution >= 4 is 12.1 Å². The predicted octanol–water partition coefficient (Wildman–Crippen LogP) is 2.45. The lowest BCUT2D eigenvalue weighted by atomic mass is 9.92. The van der Waals surface area contributed by atoms with Gasteiger partial charge in [0, 0.05) is 6.42 Å². The molecular weight excluding hydrogens is 265 g/mol. The highest BCUT2D eigenvalue weighted by Gasteiger charge is 2.55. The zero-order chi connectivity index (χ0) is 15.6. The van der Waals surface area contributed by atoms with E-state index >= 15 is 0 Å². The number of esters is 1. The van der Waals surface area contributed by atoms with Gasteiger partial charge in [0.25, 0.3) is 0 Å². The number of carbonyl (C=O) groups excluding carboxylic acids is 2. The second-order valence-corrected chi connectivity index (χ2v) is 5.91. The van der Waals surface area contributed by atoms with Crippen LogP contribution < -0.4 is 0 Å². The first kappa shape index (κ1) is 16.5. The number of amides is 1. The van der Waals surface area contributed by atoms with Gasteiger partial charge in [-0.15, -0.1) is 6.58 Å². The van der Waals surface area contributed by atoms with Crippen LogP contribution in [0.1, 0.15) is 33.6 Å². The normalized spacial score (nSPS) is 26.2. The van der Waals surface area contributed by atoms with E-state index in [0.29, 0.717) is 0 Å². The van der Waals surface area contributed by atoms with Crippen molar-refractivity contribution in [1.82, 2.24) is 4.90 Å². The lowest BCUT2D eigenvalue weighted by molar-refractivity contribution is -0.153. The van der Waals surface area contributed by atoms with E-state index in [1.54, 1.807) is 20.8 Å². The van der Waals surface area contributed by atoms with Crippen molar-refractivity contribution in [3.8, 4) is 0 Å². The molecule has 0 aliphatic carbocycles. The first-order chi connectivity index (χ1) is 9.16. The first-order valence-electron chi connectivity index (χ1n) is 6.50. The van der Waals surface area contributed by atoms with Crippen LogP contribution in [-0.2, 0) is 14.3 Å². The Balaban J connectivity index is 3.09. The van der Waals surface area contributed by atoms with E-state index in [1.165, 1.54) is 13.2 Å². The summed E-state index contributed by atoms with van der Waals surface area (Å²) in [5.74, 6) is -0.650. The molecule has 1 aliphatic heterocycles. The first-order valence-corrected chi connectivity index (χ1v) is 6.50. The Hall–Kier alpha value is -1.59. The summed E-state index contributed by atoms with van der Waals surface area (Å²) in [7, 11) is 1.21. The summed E-state index contributed by atoms with van der Waals surface area (Å²) in [4.78, 5) is 25.4. The highest BCUT2D eigenvalue weighted by atomic mass is 19.1. The van der Waals surface area contributed by atoms with Crippen LogP contribution in [0.4, 0.5) is 9.18 Å². The van der Waals surface area contributed by atoms with Crippen molar-refractivity contribution in [3.05, 3.63) is 12.7 Å². The molecule has 1 heterocycles. The predicted molar refractivity (Wildman–Crippen MR) is 72.0 cm³/mol. The third kappa shape index (κ3) is 3.29. The molecule has 1 fully saturated rings. The van der Waals surface area contributed by atoms with Crippen molar-refractivity contribution in [2.45, 2.75) is 50.9 Å². The summed E-state index contributed by atoms with van der Waals surface area (Å²) in [5.41, 5.74) is -2.08. The molecule has 20 heavy (non-hydrogen) atoms. The summed E-state index contributed by atoms with van der Waals surface area (Å²) in [6.07, 6.45) is -0.511. The van der Waals surface area contributed by atoms with E-state index in [-0.39, 0.29) is 19.4 Å². The Labute approximate surface area is 118 Å². The Morgan fingerprint density at radius 1 is 1.50 bits per heavy atom. The maximum Gasteiger partial charge on any atom is 0.411 e. The number of methoxy groups -OCH3 is 1. The fraction of sp³-hybridized carbons (Fsp3) is 0.714. The van der Waals surface area contributed by atoms with E-state index in [9.17, 15) is 14.0 Å². The molecule has 5 nitrogen and oxygen atoms in total. The molecule has 1 rings (SSSR count). The van der Waals surface area contributed by atoms with Gasteiger partial charge in [0.1, 0.15) is 17.3 Å². The number of alkyl halides is 1. The Bertz CT molecular complexity index is 404. The van der Waals surface area contributed by atoms with Crippen LogP contribution in [0.3, 0.4) is 0 Å². The van der Waals surface area contributed by atoms with Crippen molar-refractivity contribution in [1.29, 1.82) is 0 Å². The van der Waals surface area contributed by atoms with Gasteiger partial charge in [-0.05, 0) is 27.2 Å². The number of halogens is 1. The summed E-state index contributed by atoms with van der Waals surface area (Å²) in [6.45, 7) is 8.52. The third-order valence-corrected chi connectivity index (χ3v) is 3.12. The Kier molecular flexibility index (Phi) is 4.78. The highest BCUT2D eigenvalue weighted by Crippen LogP contribution is 2.36. The molecule has 0 unspecified atom stereocenters. The van der Waals surface area contributed by atoms with Gasteiger partial charge >= 0.3 is 12.1 Å². The number of hydrogen-bond acceptors (Lipinski definition) is 4. The maximum absolute atomic E-state index is 13.8. The largest absolute Gasteiger partial charge is 0.467 e. The number of carbonyl (C=O) groups is 2. The molecule has 0 bridgehead atoms. The fourth-order valence-electron chi connectivity index (χ4n) is 2.38. The molecule has 0 aromatic heterocycles. The van der Waals surface area contributed by atoms with Crippen LogP contribution in [0.5, 0.6) is 0 Å². The van der Waals surface area contributed by atoms with Gasteiger partial charge in [0.15, 0.2) is 0 Å². The summed E-state index contributed by atoms with van der Waals surface area (Å²) < 4.78 is 23.8. The average molecular weight is 287 g/mol. The fourth-order valence-corrected chi connectivity index (χ4v) is 2.38. The Morgan fingerprint density at radius 3 is 2.55 bits per heavy atom.